The molecule has 15 heavy (non-hydrogen) atoms. The van der Waals surface area contributed by atoms with Gasteiger partial charge in [-0.15, -0.1) is 0 Å². The fourth-order valence-corrected chi connectivity index (χ4v) is 2.08. The molecule has 90 valence electrons. The largest absolute Gasteiger partial charge is 0.314 e. The van der Waals surface area contributed by atoms with E-state index in [1.807, 2.05) is 0 Å². The molecule has 0 aromatic heterocycles. The minimum absolute atomic E-state index is 0.748. The van der Waals surface area contributed by atoms with Crippen LogP contribution in [-0.2, 0) is 0 Å². The maximum atomic E-state index is 3.62. The van der Waals surface area contributed by atoms with Gasteiger partial charge >= 0.3 is 0 Å². The summed E-state index contributed by atoms with van der Waals surface area (Å²) in [4.78, 5) is 2.53. The van der Waals surface area contributed by atoms with Crippen molar-refractivity contribution in [1.82, 2.24) is 10.2 Å². The summed E-state index contributed by atoms with van der Waals surface area (Å²) in [5.74, 6) is 0. The van der Waals surface area contributed by atoms with E-state index in [-0.39, 0.29) is 0 Å². The van der Waals surface area contributed by atoms with Gasteiger partial charge in [0.05, 0.1) is 0 Å². The summed E-state index contributed by atoms with van der Waals surface area (Å²) in [5, 5.41) is 3.62. The maximum absolute atomic E-state index is 3.62. The third kappa shape index (κ3) is 5.53. The first-order valence-electron chi connectivity index (χ1n) is 6.71. The Balaban J connectivity index is 1.99. The van der Waals surface area contributed by atoms with Gasteiger partial charge in [0.25, 0.3) is 0 Å². The lowest BCUT2D eigenvalue weighted by Crippen LogP contribution is -2.30. The van der Waals surface area contributed by atoms with Crippen molar-refractivity contribution < 1.29 is 0 Å². The van der Waals surface area contributed by atoms with Crippen LogP contribution in [0.5, 0.6) is 0 Å². The summed E-state index contributed by atoms with van der Waals surface area (Å²) in [6.07, 6.45) is 8.07. The monoisotopic (exact) mass is 212 g/mol. The first-order valence-corrected chi connectivity index (χ1v) is 6.71. The number of nitrogens with one attached hydrogen (secondary N) is 1. The third-order valence-corrected chi connectivity index (χ3v) is 3.41. The van der Waals surface area contributed by atoms with Crippen LogP contribution in [0.1, 0.15) is 52.4 Å². The molecule has 1 N–H and O–H groups in total. The van der Waals surface area contributed by atoms with Gasteiger partial charge < -0.3 is 10.2 Å². The lowest BCUT2D eigenvalue weighted by atomic mass is 10.1. The van der Waals surface area contributed by atoms with Crippen molar-refractivity contribution in [3.8, 4) is 0 Å². The Bertz CT molecular complexity index is 155. The number of nitrogens with zero attached hydrogens (tertiary/aromatic N) is 1. The predicted molar refractivity (Wildman–Crippen MR) is 67.3 cm³/mol. The highest BCUT2D eigenvalue weighted by Gasteiger charge is 2.25. The zero-order valence-electron chi connectivity index (χ0n) is 10.8. The van der Waals surface area contributed by atoms with Crippen molar-refractivity contribution >= 4 is 0 Å². The molecule has 2 heteroatoms. The second-order valence-electron chi connectivity index (χ2n) is 4.91. The van der Waals surface area contributed by atoms with E-state index in [2.05, 4.69) is 31.1 Å². The van der Waals surface area contributed by atoms with E-state index in [1.165, 1.54) is 51.6 Å². The van der Waals surface area contributed by atoms with E-state index in [9.17, 15) is 0 Å². The fourth-order valence-electron chi connectivity index (χ4n) is 2.08. The number of hydrogen-bond donors (Lipinski definition) is 1. The Kier molecular flexibility index (Phi) is 6.26. The molecular weight excluding hydrogens is 184 g/mol. The first-order chi connectivity index (χ1) is 7.27. The van der Waals surface area contributed by atoms with Crippen LogP contribution in [-0.4, -0.2) is 37.1 Å². The van der Waals surface area contributed by atoms with E-state index >= 15 is 0 Å². The van der Waals surface area contributed by atoms with E-state index in [4.69, 9.17) is 0 Å². The quantitative estimate of drug-likeness (QED) is 0.632. The second-order valence-corrected chi connectivity index (χ2v) is 4.91. The van der Waals surface area contributed by atoms with Crippen LogP contribution in [0.15, 0.2) is 0 Å². The SMILES string of the molecule is CCCNC(CC)CCCN(C)C1CC1. The van der Waals surface area contributed by atoms with Crippen molar-refractivity contribution in [1.29, 1.82) is 0 Å². The lowest BCUT2D eigenvalue weighted by Gasteiger charge is -2.19. The Morgan fingerprint density at radius 1 is 1.33 bits per heavy atom. The van der Waals surface area contributed by atoms with Crippen molar-refractivity contribution in [3.63, 3.8) is 0 Å². The Morgan fingerprint density at radius 2 is 2.07 bits per heavy atom. The highest BCUT2D eigenvalue weighted by molar-refractivity contribution is 4.82. The third-order valence-electron chi connectivity index (χ3n) is 3.41. The van der Waals surface area contributed by atoms with Crippen LogP contribution < -0.4 is 5.32 Å². The van der Waals surface area contributed by atoms with Crippen LogP contribution in [0.4, 0.5) is 0 Å². The molecule has 0 saturated heterocycles. The zero-order chi connectivity index (χ0) is 11.1. The highest BCUT2D eigenvalue weighted by atomic mass is 15.1. The van der Waals surface area contributed by atoms with E-state index in [1.54, 1.807) is 0 Å². The average molecular weight is 212 g/mol. The first kappa shape index (κ1) is 13.0. The van der Waals surface area contributed by atoms with Crippen LogP contribution in [0.2, 0.25) is 0 Å². The summed E-state index contributed by atoms with van der Waals surface area (Å²) in [7, 11) is 2.28. The molecule has 0 spiro atoms. The molecule has 1 aliphatic rings. The van der Waals surface area contributed by atoms with Gasteiger partial charge in [-0.05, 0) is 58.7 Å². The van der Waals surface area contributed by atoms with E-state index < -0.39 is 0 Å². The maximum Gasteiger partial charge on any atom is 0.00933 e. The fraction of sp³-hybridized carbons (Fsp3) is 1.00. The van der Waals surface area contributed by atoms with Crippen molar-refractivity contribution in [2.75, 3.05) is 20.1 Å². The van der Waals surface area contributed by atoms with Gasteiger partial charge in [0.2, 0.25) is 0 Å². The molecule has 0 bridgehead atoms. The molecule has 1 rings (SSSR count). The molecule has 1 fully saturated rings. The minimum Gasteiger partial charge on any atom is -0.314 e. The Morgan fingerprint density at radius 3 is 2.60 bits per heavy atom. The zero-order valence-corrected chi connectivity index (χ0v) is 10.8. The molecule has 2 nitrogen and oxygen atoms in total. The van der Waals surface area contributed by atoms with Crippen LogP contribution in [0, 0.1) is 0 Å². The molecule has 1 saturated carbocycles. The molecular formula is C13H28N2. The topological polar surface area (TPSA) is 15.3 Å². The smallest absolute Gasteiger partial charge is 0.00933 e. The molecule has 0 aromatic carbocycles. The summed E-state index contributed by atoms with van der Waals surface area (Å²) in [6, 6.07) is 1.67. The normalized spacial score (nSPS) is 18.4. The van der Waals surface area contributed by atoms with Crippen LogP contribution >= 0.6 is 0 Å². The lowest BCUT2D eigenvalue weighted by molar-refractivity contribution is 0.305. The van der Waals surface area contributed by atoms with Gasteiger partial charge in [0.1, 0.15) is 0 Å². The van der Waals surface area contributed by atoms with Gasteiger partial charge in [0, 0.05) is 12.1 Å². The molecule has 0 aliphatic heterocycles. The summed E-state index contributed by atoms with van der Waals surface area (Å²) < 4.78 is 0. The molecule has 0 amide bonds. The molecule has 1 atom stereocenters. The van der Waals surface area contributed by atoms with Crippen molar-refractivity contribution in [3.05, 3.63) is 0 Å². The summed E-state index contributed by atoms with van der Waals surface area (Å²) in [5.41, 5.74) is 0. The molecule has 0 radical (unpaired) electrons. The molecule has 1 unspecified atom stereocenters. The average Bonchev–Trinajstić information content (AvgIpc) is 3.06. The van der Waals surface area contributed by atoms with Gasteiger partial charge in [-0.25, -0.2) is 0 Å². The Hall–Kier alpha value is -0.0800. The highest BCUT2D eigenvalue weighted by Crippen LogP contribution is 2.25. The van der Waals surface area contributed by atoms with Gasteiger partial charge in [-0.3, -0.25) is 0 Å². The predicted octanol–water partition coefficient (Wildman–Crippen LogP) is 2.64. The summed E-state index contributed by atoms with van der Waals surface area (Å²) >= 11 is 0. The minimum atomic E-state index is 0.748. The van der Waals surface area contributed by atoms with Crippen LogP contribution in [0.3, 0.4) is 0 Å². The Labute approximate surface area is 95.4 Å². The standard InChI is InChI=1S/C13H28N2/c1-4-10-14-12(5-2)7-6-11-15(3)13-8-9-13/h12-14H,4-11H2,1-3H3. The molecule has 0 aromatic rings. The molecule has 0 heterocycles. The van der Waals surface area contributed by atoms with Gasteiger partial charge in [-0.1, -0.05) is 13.8 Å². The summed E-state index contributed by atoms with van der Waals surface area (Å²) in [6.45, 7) is 6.99. The number of hydrogen-bond acceptors (Lipinski definition) is 2. The van der Waals surface area contributed by atoms with Crippen molar-refractivity contribution in [2.24, 2.45) is 0 Å². The molecule has 1 aliphatic carbocycles. The second kappa shape index (κ2) is 7.24. The van der Waals surface area contributed by atoms with E-state index in [0.29, 0.717) is 0 Å². The number of rotatable bonds is 9. The van der Waals surface area contributed by atoms with Gasteiger partial charge in [0.15, 0.2) is 0 Å². The van der Waals surface area contributed by atoms with E-state index in [0.717, 1.165) is 12.1 Å². The van der Waals surface area contributed by atoms with Gasteiger partial charge in [-0.2, -0.15) is 0 Å². The van der Waals surface area contributed by atoms with Crippen LogP contribution in [0.25, 0.3) is 0 Å². The van der Waals surface area contributed by atoms with Crippen molar-refractivity contribution in [2.45, 2.75) is 64.5 Å².